The van der Waals surface area contributed by atoms with Gasteiger partial charge in [0.25, 0.3) is 0 Å². The molecule has 0 amide bonds. The number of benzene rings is 1. The van der Waals surface area contributed by atoms with Crippen molar-refractivity contribution in [2.24, 2.45) is 0 Å². The molecular formula is C14H15ClFNOS. The van der Waals surface area contributed by atoms with Gasteiger partial charge < -0.3 is 4.74 Å². The van der Waals surface area contributed by atoms with Gasteiger partial charge in [0.2, 0.25) is 0 Å². The number of hydrogen-bond acceptors (Lipinski definition) is 3. The molecule has 0 N–H and O–H groups in total. The Bertz CT molecular complexity index is 500. The number of nitrogens with zero attached hydrogens (tertiary/aromatic N) is 1. The van der Waals surface area contributed by atoms with Gasteiger partial charge in [-0.05, 0) is 43.5 Å². The molecule has 1 heterocycles. The lowest BCUT2D eigenvalue weighted by Crippen LogP contribution is -1.98. The van der Waals surface area contributed by atoms with Crippen LogP contribution in [0.1, 0.15) is 23.5 Å². The summed E-state index contributed by atoms with van der Waals surface area (Å²) in [5.74, 6) is 0.941. The highest BCUT2D eigenvalue weighted by molar-refractivity contribution is 7.09. The molecule has 0 saturated carbocycles. The summed E-state index contributed by atoms with van der Waals surface area (Å²) in [4.78, 5) is 4.40. The Morgan fingerprint density at radius 3 is 2.68 bits per heavy atom. The van der Waals surface area contributed by atoms with E-state index in [0.29, 0.717) is 18.2 Å². The zero-order valence-corrected chi connectivity index (χ0v) is 12.0. The van der Waals surface area contributed by atoms with E-state index >= 15 is 0 Å². The van der Waals surface area contributed by atoms with Crippen LogP contribution in [0, 0.1) is 5.82 Å². The first-order chi connectivity index (χ1) is 9.28. The summed E-state index contributed by atoms with van der Waals surface area (Å²) >= 11 is 7.35. The third kappa shape index (κ3) is 4.80. The average molecular weight is 300 g/mol. The summed E-state index contributed by atoms with van der Waals surface area (Å²) in [7, 11) is 0. The number of aryl methyl sites for hydroxylation is 1. The van der Waals surface area contributed by atoms with Crippen LogP contribution in [-0.2, 0) is 12.3 Å². The lowest BCUT2D eigenvalue weighted by Gasteiger charge is -2.05. The van der Waals surface area contributed by atoms with E-state index in [1.165, 1.54) is 12.1 Å². The van der Waals surface area contributed by atoms with Crippen LogP contribution in [0.5, 0.6) is 5.75 Å². The van der Waals surface area contributed by atoms with Crippen LogP contribution >= 0.6 is 22.9 Å². The smallest absolute Gasteiger partial charge is 0.123 e. The summed E-state index contributed by atoms with van der Waals surface area (Å²) in [5, 5.41) is 3.12. The van der Waals surface area contributed by atoms with Crippen LogP contribution < -0.4 is 4.74 Å². The Balaban J connectivity index is 1.63. The van der Waals surface area contributed by atoms with Crippen molar-refractivity contribution in [2.75, 3.05) is 6.61 Å². The molecule has 0 radical (unpaired) electrons. The zero-order chi connectivity index (χ0) is 13.5. The molecular weight excluding hydrogens is 285 g/mol. The van der Waals surface area contributed by atoms with E-state index in [-0.39, 0.29) is 5.82 Å². The Hall–Kier alpha value is -1.13. The number of ether oxygens (including phenoxy) is 1. The highest BCUT2D eigenvalue weighted by Crippen LogP contribution is 2.15. The first-order valence-electron chi connectivity index (χ1n) is 6.15. The third-order valence-corrected chi connectivity index (χ3v) is 3.83. The molecule has 0 saturated heterocycles. The average Bonchev–Trinajstić information content (AvgIpc) is 2.88. The number of aromatic nitrogens is 1. The number of halogens is 2. The second kappa shape index (κ2) is 7.46. The summed E-state index contributed by atoms with van der Waals surface area (Å²) in [5.41, 5.74) is 0.948. The third-order valence-electron chi connectivity index (χ3n) is 2.60. The maximum absolute atomic E-state index is 12.7. The van der Waals surface area contributed by atoms with Gasteiger partial charge in [-0.3, -0.25) is 0 Å². The van der Waals surface area contributed by atoms with E-state index in [9.17, 15) is 4.39 Å². The molecule has 2 nitrogen and oxygen atoms in total. The second-order valence-electron chi connectivity index (χ2n) is 4.13. The molecule has 0 aliphatic rings. The molecule has 2 rings (SSSR count). The number of rotatable bonds is 7. The van der Waals surface area contributed by atoms with Gasteiger partial charge in [0.15, 0.2) is 0 Å². The lowest BCUT2D eigenvalue weighted by molar-refractivity contribution is 0.306. The highest BCUT2D eigenvalue weighted by atomic mass is 35.5. The van der Waals surface area contributed by atoms with Gasteiger partial charge in [-0.1, -0.05) is 0 Å². The summed E-state index contributed by atoms with van der Waals surface area (Å²) < 4.78 is 18.2. The van der Waals surface area contributed by atoms with E-state index in [2.05, 4.69) is 4.98 Å². The van der Waals surface area contributed by atoms with Crippen LogP contribution in [-0.4, -0.2) is 11.6 Å². The van der Waals surface area contributed by atoms with Crippen molar-refractivity contribution < 1.29 is 9.13 Å². The van der Waals surface area contributed by atoms with Crippen molar-refractivity contribution in [3.63, 3.8) is 0 Å². The molecule has 2 aromatic rings. The molecule has 1 aromatic carbocycles. The maximum Gasteiger partial charge on any atom is 0.123 e. The monoisotopic (exact) mass is 299 g/mol. The number of unbranched alkanes of at least 4 members (excludes halogenated alkanes) is 1. The highest BCUT2D eigenvalue weighted by Gasteiger charge is 2.01. The Morgan fingerprint density at radius 2 is 2.00 bits per heavy atom. The fourth-order valence-corrected chi connectivity index (χ4v) is 2.69. The molecule has 0 unspecified atom stereocenters. The summed E-state index contributed by atoms with van der Waals surface area (Å²) in [6.07, 6.45) is 2.93. The standard InChI is InChI=1S/C14H15ClFNOS/c15-9-12-10-19-14(17-12)3-1-2-8-18-13-6-4-11(16)5-7-13/h4-7,10H,1-3,8-9H2. The van der Waals surface area contributed by atoms with Crippen molar-refractivity contribution in [3.8, 4) is 5.75 Å². The first kappa shape index (κ1) is 14.3. The molecule has 0 aliphatic carbocycles. The minimum Gasteiger partial charge on any atom is -0.494 e. The summed E-state index contributed by atoms with van der Waals surface area (Å²) in [6, 6.07) is 6.09. The maximum atomic E-state index is 12.7. The topological polar surface area (TPSA) is 22.1 Å². The molecule has 1 aromatic heterocycles. The van der Waals surface area contributed by atoms with Gasteiger partial charge in [0.1, 0.15) is 11.6 Å². The normalized spacial score (nSPS) is 10.6. The molecule has 19 heavy (non-hydrogen) atoms. The van der Waals surface area contributed by atoms with Crippen LogP contribution in [0.3, 0.4) is 0 Å². The van der Waals surface area contributed by atoms with Gasteiger partial charge in [0, 0.05) is 5.38 Å². The predicted octanol–water partition coefficient (Wildman–Crippen LogP) is 4.42. The van der Waals surface area contributed by atoms with Crippen LogP contribution in [0.15, 0.2) is 29.6 Å². The van der Waals surface area contributed by atoms with E-state index in [0.717, 1.165) is 30.0 Å². The Labute approximate surface area is 121 Å². The van der Waals surface area contributed by atoms with E-state index in [1.54, 1.807) is 23.5 Å². The molecule has 0 fully saturated rings. The predicted molar refractivity (Wildman–Crippen MR) is 76.5 cm³/mol. The van der Waals surface area contributed by atoms with Crippen molar-refractivity contribution in [3.05, 3.63) is 46.2 Å². The van der Waals surface area contributed by atoms with Gasteiger partial charge in [-0.2, -0.15) is 0 Å². The van der Waals surface area contributed by atoms with Crippen molar-refractivity contribution >= 4 is 22.9 Å². The van der Waals surface area contributed by atoms with Crippen molar-refractivity contribution in [2.45, 2.75) is 25.1 Å². The van der Waals surface area contributed by atoms with Crippen LogP contribution in [0.25, 0.3) is 0 Å². The Kier molecular flexibility index (Phi) is 5.61. The Morgan fingerprint density at radius 1 is 1.21 bits per heavy atom. The van der Waals surface area contributed by atoms with Crippen molar-refractivity contribution in [1.29, 1.82) is 0 Å². The van der Waals surface area contributed by atoms with Gasteiger partial charge in [0.05, 0.1) is 23.2 Å². The lowest BCUT2D eigenvalue weighted by atomic mass is 10.2. The fraction of sp³-hybridized carbons (Fsp3) is 0.357. The second-order valence-corrected chi connectivity index (χ2v) is 5.34. The van der Waals surface area contributed by atoms with Gasteiger partial charge in [-0.25, -0.2) is 9.37 Å². The van der Waals surface area contributed by atoms with Crippen LogP contribution in [0.4, 0.5) is 4.39 Å². The quantitative estimate of drug-likeness (QED) is 0.557. The molecule has 5 heteroatoms. The molecule has 0 atom stereocenters. The van der Waals surface area contributed by atoms with E-state index in [4.69, 9.17) is 16.3 Å². The zero-order valence-electron chi connectivity index (χ0n) is 10.4. The summed E-state index contributed by atoms with van der Waals surface area (Å²) in [6.45, 7) is 0.638. The van der Waals surface area contributed by atoms with Gasteiger partial charge >= 0.3 is 0 Å². The molecule has 0 bridgehead atoms. The minimum absolute atomic E-state index is 0.244. The SMILES string of the molecule is Fc1ccc(OCCCCc2nc(CCl)cs2)cc1. The van der Waals surface area contributed by atoms with E-state index < -0.39 is 0 Å². The fourth-order valence-electron chi connectivity index (χ4n) is 1.62. The molecule has 0 spiro atoms. The molecule has 0 aliphatic heterocycles. The van der Waals surface area contributed by atoms with E-state index in [1.807, 2.05) is 5.38 Å². The molecule has 102 valence electrons. The van der Waals surface area contributed by atoms with Crippen LogP contribution in [0.2, 0.25) is 0 Å². The van der Waals surface area contributed by atoms with Gasteiger partial charge in [-0.15, -0.1) is 22.9 Å². The minimum atomic E-state index is -0.244. The largest absolute Gasteiger partial charge is 0.494 e. The number of alkyl halides is 1. The van der Waals surface area contributed by atoms with Crippen molar-refractivity contribution in [1.82, 2.24) is 4.98 Å². The number of thiazole rings is 1. The number of hydrogen-bond donors (Lipinski definition) is 0. The first-order valence-corrected chi connectivity index (χ1v) is 7.57.